The Balaban J connectivity index is 2.42. The molecule has 0 fully saturated rings. The molecule has 1 rings (SSSR count). The van der Waals surface area contributed by atoms with Crippen LogP contribution in [-0.2, 0) is 6.42 Å². The van der Waals surface area contributed by atoms with Crippen molar-refractivity contribution in [2.24, 2.45) is 0 Å². The molecule has 0 aliphatic carbocycles. The van der Waals surface area contributed by atoms with Gasteiger partial charge in [-0.1, -0.05) is 12.1 Å². The molecule has 1 aromatic carbocycles. The third-order valence-corrected chi connectivity index (χ3v) is 1.98. The highest BCUT2D eigenvalue weighted by Gasteiger charge is 2.02. The van der Waals surface area contributed by atoms with Gasteiger partial charge in [-0.2, -0.15) is 0 Å². The molecule has 4 heteroatoms. The third-order valence-electron chi connectivity index (χ3n) is 1.98. The molecule has 3 N–H and O–H groups in total. The average molecular weight is 212 g/mol. The van der Waals surface area contributed by atoms with Crippen molar-refractivity contribution in [3.63, 3.8) is 0 Å². The van der Waals surface area contributed by atoms with Crippen molar-refractivity contribution < 1.29 is 20.1 Å². The molecule has 15 heavy (non-hydrogen) atoms. The summed E-state index contributed by atoms with van der Waals surface area (Å²) in [6.07, 6.45) is -0.221. The number of benzene rings is 1. The van der Waals surface area contributed by atoms with Gasteiger partial charge in [-0.05, 0) is 24.1 Å². The lowest BCUT2D eigenvalue weighted by molar-refractivity contribution is 0.0536. The first-order chi connectivity index (χ1) is 7.26. The van der Waals surface area contributed by atoms with Crippen LogP contribution in [-0.4, -0.2) is 41.2 Å². The molecule has 1 atom stereocenters. The predicted octanol–water partition coefficient (Wildman–Crippen LogP) is -0.0466. The van der Waals surface area contributed by atoms with Gasteiger partial charge in [-0.3, -0.25) is 0 Å². The number of rotatable bonds is 6. The van der Waals surface area contributed by atoms with E-state index in [0.717, 1.165) is 5.56 Å². The van der Waals surface area contributed by atoms with Crippen LogP contribution in [0.4, 0.5) is 0 Å². The fourth-order valence-corrected chi connectivity index (χ4v) is 1.13. The first-order valence-corrected chi connectivity index (χ1v) is 4.87. The summed E-state index contributed by atoms with van der Waals surface area (Å²) in [5.41, 5.74) is 1.03. The van der Waals surface area contributed by atoms with Gasteiger partial charge in [-0.25, -0.2) is 0 Å². The number of hydrogen-bond donors (Lipinski definition) is 3. The minimum absolute atomic E-state index is 0.0792. The molecular formula is C11H16O4. The summed E-state index contributed by atoms with van der Waals surface area (Å²) in [4.78, 5) is 0. The van der Waals surface area contributed by atoms with E-state index in [0.29, 0.717) is 12.2 Å². The molecule has 0 aromatic heterocycles. The quantitative estimate of drug-likeness (QED) is 0.618. The molecule has 0 saturated carbocycles. The Hall–Kier alpha value is -1.10. The third kappa shape index (κ3) is 4.29. The highest BCUT2D eigenvalue weighted by Crippen LogP contribution is 2.12. The van der Waals surface area contributed by atoms with Crippen LogP contribution >= 0.6 is 0 Å². The maximum atomic E-state index is 9.05. The van der Waals surface area contributed by atoms with Crippen LogP contribution in [0.25, 0.3) is 0 Å². The van der Waals surface area contributed by atoms with E-state index in [-0.39, 0.29) is 19.8 Å². The lowest BCUT2D eigenvalue weighted by atomic mass is 10.1. The van der Waals surface area contributed by atoms with Gasteiger partial charge in [0.2, 0.25) is 0 Å². The second-order valence-corrected chi connectivity index (χ2v) is 3.26. The van der Waals surface area contributed by atoms with Gasteiger partial charge in [0.25, 0.3) is 0 Å². The average Bonchev–Trinajstić information content (AvgIpc) is 2.28. The van der Waals surface area contributed by atoms with Crippen LogP contribution < -0.4 is 4.74 Å². The SMILES string of the molecule is OCCc1ccc(OCC(O)CO)cc1. The summed E-state index contributed by atoms with van der Waals surface area (Å²) < 4.78 is 5.22. The van der Waals surface area contributed by atoms with Crippen molar-refractivity contribution in [1.82, 2.24) is 0 Å². The topological polar surface area (TPSA) is 69.9 Å². The highest BCUT2D eigenvalue weighted by molar-refractivity contribution is 5.27. The lowest BCUT2D eigenvalue weighted by Gasteiger charge is -2.09. The van der Waals surface area contributed by atoms with Crippen molar-refractivity contribution in [2.75, 3.05) is 19.8 Å². The minimum atomic E-state index is -0.845. The minimum Gasteiger partial charge on any atom is -0.491 e. The van der Waals surface area contributed by atoms with E-state index >= 15 is 0 Å². The predicted molar refractivity (Wildman–Crippen MR) is 55.8 cm³/mol. The zero-order valence-corrected chi connectivity index (χ0v) is 8.47. The van der Waals surface area contributed by atoms with Crippen LogP contribution in [0.1, 0.15) is 5.56 Å². The Labute approximate surface area is 88.8 Å². The summed E-state index contributed by atoms with van der Waals surface area (Å²) in [5, 5.41) is 26.3. The second-order valence-electron chi connectivity index (χ2n) is 3.26. The van der Waals surface area contributed by atoms with E-state index in [2.05, 4.69) is 0 Å². The van der Waals surface area contributed by atoms with E-state index in [9.17, 15) is 0 Å². The summed E-state index contributed by atoms with van der Waals surface area (Å²) in [6.45, 7) is -0.0954. The monoisotopic (exact) mass is 212 g/mol. The molecule has 1 unspecified atom stereocenters. The van der Waals surface area contributed by atoms with Crippen molar-refractivity contribution in [2.45, 2.75) is 12.5 Å². The Morgan fingerprint density at radius 1 is 1.13 bits per heavy atom. The first-order valence-electron chi connectivity index (χ1n) is 4.87. The number of hydrogen-bond acceptors (Lipinski definition) is 4. The van der Waals surface area contributed by atoms with Crippen molar-refractivity contribution in [1.29, 1.82) is 0 Å². The van der Waals surface area contributed by atoms with E-state index < -0.39 is 6.10 Å². The van der Waals surface area contributed by atoms with Crippen LogP contribution in [0.5, 0.6) is 5.75 Å². The molecular weight excluding hydrogens is 196 g/mol. The highest BCUT2D eigenvalue weighted by atomic mass is 16.5. The van der Waals surface area contributed by atoms with Gasteiger partial charge < -0.3 is 20.1 Å². The normalized spacial score (nSPS) is 12.5. The summed E-state index contributed by atoms with van der Waals surface area (Å²) in [5.74, 6) is 0.643. The van der Waals surface area contributed by atoms with Crippen LogP contribution in [0.2, 0.25) is 0 Å². The van der Waals surface area contributed by atoms with Gasteiger partial charge in [-0.15, -0.1) is 0 Å². The summed E-state index contributed by atoms with van der Waals surface area (Å²) >= 11 is 0. The molecule has 0 heterocycles. The molecule has 0 aliphatic heterocycles. The standard InChI is InChI=1S/C11H16O4/c12-6-5-9-1-3-11(4-2-9)15-8-10(14)7-13/h1-4,10,12-14H,5-8H2. The lowest BCUT2D eigenvalue weighted by Crippen LogP contribution is -2.21. The van der Waals surface area contributed by atoms with E-state index in [4.69, 9.17) is 20.1 Å². The van der Waals surface area contributed by atoms with Crippen LogP contribution in [0.15, 0.2) is 24.3 Å². The van der Waals surface area contributed by atoms with Crippen LogP contribution in [0, 0.1) is 0 Å². The molecule has 0 aliphatic rings. The molecule has 0 amide bonds. The smallest absolute Gasteiger partial charge is 0.119 e. The largest absolute Gasteiger partial charge is 0.491 e. The first kappa shape index (κ1) is 12.0. The van der Waals surface area contributed by atoms with Gasteiger partial charge in [0, 0.05) is 6.61 Å². The Morgan fingerprint density at radius 2 is 1.80 bits per heavy atom. The molecule has 0 radical (unpaired) electrons. The van der Waals surface area contributed by atoms with Crippen LogP contribution in [0.3, 0.4) is 0 Å². The number of aliphatic hydroxyl groups is 3. The molecule has 0 saturated heterocycles. The van der Waals surface area contributed by atoms with Gasteiger partial charge in [0.05, 0.1) is 6.61 Å². The zero-order chi connectivity index (χ0) is 11.1. The fourth-order valence-electron chi connectivity index (χ4n) is 1.13. The summed E-state index contributed by atoms with van der Waals surface area (Å²) in [6, 6.07) is 7.26. The second kappa shape index (κ2) is 6.40. The molecule has 1 aromatic rings. The molecule has 84 valence electrons. The Kier molecular flexibility index (Phi) is 5.10. The maximum Gasteiger partial charge on any atom is 0.119 e. The zero-order valence-electron chi connectivity index (χ0n) is 8.47. The summed E-state index contributed by atoms with van der Waals surface area (Å²) in [7, 11) is 0. The van der Waals surface area contributed by atoms with Gasteiger partial charge >= 0.3 is 0 Å². The maximum absolute atomic E-state index is 9.05. The van der Waals surface area contributed by atoms with E-state index in [1.54, 1.807) is 12.1 Å². The molecule has 0 bridgehead atoms. The van der Waals surface area contributed by atoms with E-state index in [1.807, 2.05) is 12.1 Å². The van der Waals surface area contributed by atoms with Crippen molar-refractivity contribution in [3.05, 3.63) is 29.8 Å². The van der Waals surface area contributed by atoms with Crippen molar-refractivity contribution >= 4 is 0 Å². The number of ether oxygens (including phenoxy) is 1. The fraction of sp³-hybridized carbons (Fsp3) is 0.455. The number of aliphatic hydroxyl groups excluding tert-OH is 3. The van der Waals surface area contributed by atoms with Gasteiger partial charge in [0.1, 0.15) is 18.5 Å². The molecule has 0 spiro atoms. The Bertz CT molecular complexity index is 270. The Morgan fingerprint density at radius 3 is 2.33 bits per heavy atom. The molecule has 4 nitrogen and oxygen atoms in total. The van der Waals surface area contributed by atoms with Crippen molar-refractivity contribution in [3.8, 4) is 5.75 Å². The van der Waals surface area contributed by atoms with E-state index in [1.165, 1.54) is 0 Å². The van der Waals surface area contributed by atoms with Gasteiger partial charge in [0.15, 0.2) is 0 Å².